The second-order valence-electron chi connectivity index (χ2n) is 6.05. The molecule has 0 amide bonds. The molecule has 0 atom stereocenters. The van der Waals surface area contributed by atoms with Crippen LogP contribution in [0.1, 0.15) is 36.7 Å². The molecule has 4 nitrogen and oxygen atoms in total. The summed E-state index contributed by atoms with van der Waals surface area (Å²) in [4.78, 5) is 15.2. The van der Waals surface area contributed by atoms with E-state index in [0.717, 1.165) is 11.8 Å². The lowest BCUT2D eigenvalue weighted by molar-refractivity contribution is 0.112. The fourth-order valence-electron chi connectivity index (χ4n) is 1.39. The van der Waals surface area contributed by atoms with Crippen LogP contribution in [0.3, 0.4) is 0 Å². The lowest BCUT2D eigenvalue weighted by Crippen LogP contribution is -2.40. The van der Waals surface area contributed by atoms with Crippen molar-refractivity contribution in [1.82, 2.24) is 4.98 Å². The Kier molecular flexibility index (Phi) is 4.87. The fourth-order valence-corrected chi connectivity index (χ4v) is 2.33. The van der Waals surface area contributed by atoms with E-state index in [-0.39, 0.29) is 5.04 Å². The average Bonchev–Trinajstić information content (AvgIpc) is 2.34. The minimum atomic E-state index is -1.86. The van der Waals surface area contributed by atoms with Gasteiger partial charge in [0.1, 0.15) is 0 Å². The number of nitrogens with zero attached hydrogens (tertiary/aromatic N) is 1. The standard InChI is InChI=1S/C14H23NO3Si/c1-14(2,3)19(5,6)18-10-12-11(9-16)7-8-15-13(12)17-4/h7-9H,10H2,1-6H3. The highest BCUT2D eigenvalue weighted by Gasteiger charge is 2.37. The second kappa shape index (κ2) is 5.84. The van der Waals surface area contributed by atoms with Gasteiger partial charge in [-0.15, -0.1) is 0 Å². The molecule has 1 rings (SSSR count). The highest BCUT2D eigenvalue weighted by atomic mass is 28.4. The molecule has 19 heavy (non-hydrogen) atoms. The molecule has 106 valence electrons. The van der Waals surface area contributed by atoms with Crippen LogP contribution in [-0.4, -0.2) is 26.7 Å². The van der Waals surface area contributed by atoms with Gasteiger partial charge < -0.3 is 9.16 Å². The van der Waals surface area contributed by atoms with Gasteiger partial charge in [-0.25, -0.2) is 4.98 Å². The van der Waals surface area contributed by atoms with Crippen LogP contribution < -0.4 is 4.74 Å². The molecule has 0 aliphatic rings. The van der Waals surface area contributed by atoms with Crippen LogP contribution in [0.25, 0.3) is 0 Å². The van der Waals surface area contributed by atoms with E-state index in [1.165, 1.54) is 0 Å². The minimum absolute atomic E-state index is 0.129. The van der Waals surface area contributed by atoms with Crippen LogP contribution in [0.4, 0.5) is 0 Å². The average molecular weight is 281 g/mol. The summed E-state index contributed by atoms with van der Waals surface area (Å²) >= 11 is 0. The van der Waals surface area contributed by atoms with E-state index in [4.69, 9.17) is 9.16 Å². The summed E-state index contributed by atoms with van der Waals surface area (Å²) in [6.45, 7) is 11.3. The third-order valence-electron chi connectivity index (χ3n) is 3.76. The maximum Gasteiger partial charge on any atom is 0.219 e. The highest BCUT2D eigenvalue weighted by Crippen LogP contribution is 2.37. The Balaban J connectivity index is 2.97. The minimum Gasteiger partial charge on any atom is -0.481 e. The summed E-state index contributed by atoms with van der Waals surface area (Å²) in [7, 11) is -0.310. The number of hydrogen-bond acceptors (Lipinski definition) is 4. The Morgan fingerprint density at radius 2 is 2.00 bits per heavy atom. The predicted molar refractivity (Wildman–Crippen MR) is 78.2 cm³/mol. The maximum atomic E-state index is 11.1. The first kappa shape index (κ1) is 15.9. The van der Waals surface area contributed by atoms with Gasteiger partial charge in [-0.1, -0.05) is 20.8 Å². The molecule has 1 aromatic rings. The Morgan fingerprint density at radius 3 is 2.47 bits per heavy atom. The van der Waals surface area contributed by atoms with Crippen molar-refractivity contribution in [3.05, 3.63) is 23.4 Å². The van der Waals surface area contributed by atoms with Gasteiger partial charge in [0, 0.05) is 17.3 Å². The molecule has 1 heterocycles. The molecule has 0 saturated heterocycles. The van der Waals surface area contributed by atoms with E-state index in [0.29, 0.717) is 18.1 Å². The van der Waals surface area contributed by atoms with Crippen molar-refractivity contribution in [2.24, 2.45) is 0 Å². The van der Waals surface area contributed by atoms with E-state index in [9.17, 15) is 4.79 Å². The molecule has 0 spiro atoms. The normalized spacial score (nSPS) is 12.3. The Hall–Kier alpha value is -1.20. The molecule has 0 N–H and O–H groups in total. The molecule has 0 aliphatic carbocycles. The summed E-state index contributed by atoms with van der Waals surface area (Å²) in [5.74, 6) is 0.461. The van der Waals surface area contributed by atoms with Crippen molar-refractivity contribution in [3.8, 4) is 5.88 Å². The largest absolute Gasteiger partial charge is 0.481 e. The lowest BCUT2D eigenvalue weighted by atomic mass is 10.1. The van der Waals surface area contributed by atoms with Crippen molar-refractivity contribution >= 4 is 14.6 Å². The van der Waals surface area contributed by atoms with E-state index in [1.807, 2.05) is 0 Å². The van der Waals surface area contributed by atoms with Gasteiger partial charge in [0.25, 0.3) is 0 Å². The van der Waals surface area contributed by atoms with Crippen LogP contribution in [0, 0.1) is 0 Å². The van der Waals surface area contributed by atoms with Crippen molar-refractivity contribution in [2.45, 2.75) is 45.5 Å². The van der Waals surface area contributed by atoms with Gasteiger partial charge in [-0.3, -0.25) is 4.79 Å². The Bertz CT molecular complexity index is 452. The van der Waals surface area contributed by atoms with Gasteiger partial charge >= 0.3 is 0 Å². The summed E-state index contributed by atoms with van der Waals surface area (Å²) in [6, 6.07) is 1.68. The number of aldehydes is 1. The summed E-state index contributed by atoms with van der Waals surface area (Å²) in [5, 5.41) is 0.129. The number of ether oxygens (including phenoxy) is 1. The van der Waals surface area contributed by atoms with Crippen molar-refractivity contribution in [3.63, 3.8) is 0 Å². The molecule has 0 aliphatic heterocycles. The number of methoxy groups -OCH3 is 1. The first-order valence-electron chi connectivity index (χ1n) is 6.34. The number of carbonyl (C=O) groups is 1. The third kappa shape index (κ3) is 3.64. The zero-order valence-corrected chi connectivity index (χ0v) is 13.6. The fraction of sp³-hybridized carbons (Fsp3) is 0.571. The van der Waals surface area contributed by atoms with Gasteiger partial charge in [0.2, 0.25) is 5.88 Å². The lowest BCUT2D eigenvalue weighted by Gasteiger charge is -2.36. The zero-order valence-electron chi connectivity index (χ0n) is 12.6. The molecule has 1 aromatic heterocycles. The molecule has 0 unspecified atom stereocenters. The summed E-state index contributed by atoms with van der Waals surface area (Å²) in [6.07, 6.45) is 2.38. The highest BCUT2D eigenvalue weighted by molar-refractivity contribution is 6.74. The molecule has 0 bridgehead atoms. The zero-order chi connectivity index (χ0) is 14.7. The topological polar surface area (TPSA) is 48.4 Å². The molecular formula is C14H23NO3Si. The summed E-state index contributed by atoms with van der Waals surface area (Å²) in [5.41, 5.74) is 1.30. The van der Waals surface area contributed by atoms with Gasteiger partial charge in [0.05, 0.1) is 13.7 Å². The number of carbonyl (C=O) groups excluding carboxylic acids is 1. The van der Waals surface area contributed by atoms with Gasteiger partial charge in [-0.2, -0.15) is 0 Å². The molecule has 0 saturated carbocycles. The smallest absolute Gasteiger partial charge is 0.219 e. The van der Waals surface area contributed by atoms with Crippen molar-refractivity contribution in [1.29, 1.82) is 0 Å². The molecule has 0 fully saturated rings. The Labute approximate surface area is 116 Å². The predicted octanol–water partition coefficient (Wildman–Crippen LogP) is 3.42. The molecule has 0 aromatic carbocycles. The monoisotopic (exact) mass is 281 g/mol. The quantitative estimate of drug-likeness (QED) is 0.613. The van der Waals surface area contributed by atoms with E-state index >= 15 is 0 Å². The second-order valence-corrected chi connectivity index (χ2v) is 10.9. The first-order chi connectivity index (χ1) is 8.73. The molecule has 0 radical (unpaired) electrons. The van der Waals surface area contributed by atoms with Crippen molar-refractivity contribution < 1.29 is 14.0 Å². The van der Waals surface area contributed by atoms with Crippen LogP contribution in [0.15, 0.2) is 12.3 Å². The van der Waals surface area contributed by atoms with Crippen LogP contribution in [-0.2, 0) is 11.0 Å². The van der Waals surface area contributed by atoms with Crippen molar-refractivity contribution in [2.75, 3.05) is 7.11 Å². The molecule has 5 heteroatoms. The van der Waals surface area contributed by atoms with Crippen LogP contribution in [0.5, 0.6) is 5.88 Å². The van der Waals surface area contributed by atoms with Crippen LogP contribution >= 0.6 is 0 Å². The number of pyridine rings is 1. The molecular weight excluding hydrogens is 258 g/mol. The Morgan fingerprint density at radius 1 is 1.37 bits per heavy atom. The van der Waals surface area contributed by atoms with Crippen LogP contribution in [0.2, 0.25) is 18.1 Å². The maximum absolute atomic E-state index is 11.1. The summed E-state index contributed by atoms with van der Waals surface area (Å²) < 4.78 is 11.3. The number of aromatic nitrogens is 1. The first-order valence-corrected chi connectivity index (χ1v) is 9.25. The van der Waals surface area contributed by atoms with E-state index in [1.54, 1.807) is 19.4 Å². The van der Waals surface area contributed by atoms with Gasteiger partial charge in [-0.05, 0) is 24.2 Å². The number of hydrogen-bond donors (Lipinski definition) is 0. The SMILES string of the molecule is COc1nccc(C=O)c1CO[Si](C)(C)C(C)(C)C. The number of rotatable bonds is 5. The third-order valence-corrected chi connectivity index (χ3v) is 8.23. The van der Waals surface area contributed by atoms with Gasteiger partial charge in [0.15, 0.2) is 14.6 Å². The van der Waals surface area contributed by atoms with E-state index in [2.05, 4.69) is 38.8 Å². The van der Waals surface area contributed by atoms with E-state index < -0.39 is 8.32 Å².